The van der Waals surface area contributed by atoms with E-state index in [1.54, 1.807) is 12.1 Å². The molecular weight excluding hydrogens is 265 g/mol. The predicted molar refractivity (Wildman–Crippen MR) is 87.0 cm³/mol. The summed E-state index contributed by atoms with van der Waals surface area (Å²) in [6, 6.07) is 6.86. The average molecular weight is 295 g/mol. The first-order chi connectivity index (χ1) is 10.1. The molecule has 1 unspecified atom stereocenters. The Morgan fingerprint density at radius 3 is 2.52 bits per heavy atom. The highest BCUT2D eigenvalue weighted by atomic mass is 19.1. The molecule has 1 aromatic carbocycles. The van der Waals surface area contributed by atoms with Gasteiger partial charge in [-0.05, 0) is 61.9 Å². The Morgan fingerprint density at radius 2 is 1.90 bits per heavy atom. The molecule has 0 aliphatic heterocycles. The summed E-state index contributed by atoms with van der Waals surface area (Å²) in [4.78, 5) is 0. The van der Waals surface area contributed by atoms with E-state index in [2.05, 4.69) is 26.1 Å². The summed E-state index contributed by atoms with van der Waals surface area (Å²) in [5, 5.41) is 3.49. The zero-order valence-corrected chi connectivity index (χ0v) is 13.7. The number of halogens is 1. The van der Waals surface area contributed by atoms with Gasteiger partial charge in [0.15, 0.2) is 0 Å². The van der Waals surface area contributed by atoms with Gasteiger partial charge in [0.25, 0.3) is 0 Å². The molecule has 0 fully saturated rings. The fraction of sp³-hybridized carbons (Fsp3) is 0.667. The van der Waals surface area contributed by atoms with Gasteiger partial charge in [0.1, 0.15) is 5.82 Å². The Balaban J connectivity index is 2.41. The Bertz CT molecular complexity index is 364. The van der Waals surface area contributed by atoms with Crippen molar-refractivity contribution in [3.63, 3.8) is 0 Å². The molecule has 2 nitrogen and oxygen atoms in total. The first-order valence-corrected chi connectivity index (χ1v) is 8.14. The molecule has 0 radical (unpaired) electrons. The Kier molecular flexibility index (Phi) is 9.27. The van der Waals surface area contributed by atoms with Crippen LogP contribution in [0, 0.1) is 17.7 Å². The van der Waals surface area contributed by atoms with Gasteiger partial charge in [0, 0.05) is 13.2 Å². The number of ether oxygens (including phenoxy) is 1. The van der Waals surface area contributed by atoms with Crippen molar-refractivity contribution in [2.45, 2.75) is 40.0 Å². The van der Waals surface area contributed by atoms with Crippen LogP contribution in [-0.4, -0.2) is 26.3 Å². The lowest BCUT2D eigenvalue weighted by Gasteiger charge is -2.18. The summed E-state index contributed by atoms with van der Waals surface area (Å²) in [6.45, 7) is 10.2. The zero-order chi connectivity index (χ0) is 15.5. The van der Waals surface area contributed by atoms with Gasteiger partial charge in [0.05, 0.1) is 0 Å². The molecule has 0 amide bonds. The van der Waals surface area contributed by atoms with Gasteiger partial charge in [-0.15, -0.1) is 0 Å². The van der Waals surface area contributed by atoms with E-state index in [4.69, 9.17) is 4.74 Å². The van der Waals surface area contributed by atoms with Gasteiger partial charge < -0.3 is 10.1 Å². The molecule has 0 aliphatic rings. The van der Waals surface area contributed by atoms with Crippen LogP contribution in [0.25, 0.3) is 0 Å². The Hall–Kier alpha value is -0.930. The first-order valence-electron chi connectivity index (χ1n) is 8.14. The molecular formula is C18H30FNO. The third-order valence-electron chi connectivity index (χ3n) is 3.42. The molecule has 3 heteroatoms. The van der Waals surface area contributed by atoms with Crippen LogP contribution in [0.1, 0.15) is 39.2 Å². The van der Waals surface area contributed by atoms with E-state index in [9.17, 15) is 4.39 Å². The number of nitrogens with one attached hydrogen (secondary N) is 1. The highest BCUT2D eigenvalue weighted by Crippen LogP contribution is 2.13. The van der Waals surface area contributed by atoms with E-state index in [-0.39, 0.29) is 5.82 Å². The molecule has 1 N–H and O–H groups in total. The van der Waals surface area contributed by atoms with Gasteiger partial charge in [0.2, 0.25) is 0 Å². The maximum absolute atomic E-state index is 13.0. The van der Waals surface area contributed by atoms with Crippen molar-refractivity contribution in [3.8, 4) is 0 Å². The van der Waals surface area contributed by atoms with Crippen LogP contribution in [0.5, 0.6) is 0 Å². The Labute approximate surface area is 129 Å². The number of hydrogen-bond acceptors (Lipinski definition) is 2. The third kappa shape index (κ3) is 8.84. The van der Waals surface area contributed by atoms with Gasteiger partial charge in [-0.1, -0.05) is 32.9 Å². The summed E-state index contributed by atoms with van der Waals surface area (Å²) in [6.07, 6.45) is 3.16. The maximum Gasteiger partial charge on any atom is 0.123 e. The molecule has 0 saturated carbocycles. The highest BCUT2D eigenvalue weighted by Gasteiger charge is 2.10. The van der Waals surface area contributed by atoms with E-state index in [0.717, 1.165) is 45.6 Å². The molecule has 1 aromatic rings. The second-order valence-corrected chi connectivity index (χ2v) is 6.16. The van der Waals surface area contributed by atoms with Crippen LogP contribution in [-0.2, 0) is 11.2 Å². The van der Waals surface area contributed by atoms with Gasteiger partial charge >= 0.3 is 0 Å². The summed E-state index contributed by atoms with van der Waals surface area (Å²) in [5.41, 5.74) is 1.20. The zero-order valence-electron chi connectivity index (χ0n) is 13.7. The molecule has 21 heavy (non-hydrogen) atoms. The highest BCUT2D eigenvalue weighted by molar-refractivity contribution is 5.16. The van der Waals surface area contributed by atoms with Crippen LogP contribution in [0.4, 0.5) is 4.39 Å². The van der Waals surface area contributed by atoms with Crippen LogP contribution in [0.3, 0.4) is 0 Å². The molecule has 1 rings (SSSR count). The molecule has 0 heterocycles. The van der Waals surface area contributed by atoms with Gasteiger partial charge in [-0.2, -0.15) is 0 Å². The number of rotatable bonds is 11. The topological polar surface area (TPSA) is 21.3 Å². The lowest BCUT2D eigenvalue weighted by Crippen LogP contribution is -2.26. The van der Waals surface area contributed by atoms with Crippen LogP contribution in [0.15, 0.2) is 24.3 Å². The molecule has 1 atom stereocenters. The molecule has 120 valence electrons. The number of hydrogen-bond donors (Lipinski definition) is 1. The summed E-state index contributed by atoms with van der Waals surface area (Å²) < 4.78 is 18.7. The average Bonchev–Trinajstić information content (AvgIpc) is 2.45. The van der Waals surface area contributed by atoms with Crippen molar-refractivity contribution < 1.29 is 9.13 Å². The lowest BCUT2D eigenvalue weighted by atomic mass is 9.96. The third-order valence-corrected chi connectivity index (χ3v) is 3.42. The SMILES string of the molecule is CCCNCC(CCOCC(C)C)Cc1ccc(F)cc1. The van der Waals surface area contributed by atoms with E-state index in [0.29, 0.717) is 11.8 Å². The van der Waals surface area contributed by atoms with Crippen molar-refractivity contribution in [1.82, 2.24) is 5.32 Å². The first kappa shape index (κ1) is 18.1. The van der Waals surface area contributed by atoms with Crippen molar-refractivity contribution in [1.29, 1.82) is 0 Å². The monoisotopic (exact) mass is 295 g/mol. The van der Waals surface area contributed by atoms with Crippen LogP contribution >= 0.6 is 0 Å². The van der Waals surface area contributed by atoms with E-state index >= 15 is 0 Å². The fourth-order valence-electron chi connectivity index (χ4n) is 2.28. The second-order valence-electron chi connectivity index (χ2n) is 6.16. The predicted octanol–water partition coefficient (Wildman–Crippen LogP) is 4.05. The molecule has 0 aromatic heterocycles. The molecule has 0 spiro atoms. The van der Waals surface area contributed by atoms with Crippen molar-refractivity contribution in [2.75, 3.05) is 26.3 Å². The molecule has 0 aliphatic carbocycles. The van der Waals surface area contributed by atoms with Gasteiger partial charge in [-0.25, -0.2) is 4.39 Å². The molecule has 0 bridgehead atoms. The minimum Gasteiger partial charge on any atom is -0.381 e. The quantitative estimate of drug-likeness (QED) is 0.622. The Morgan fingerprint density at radius 1 is 1.19 bits per heavy atom. The van der Waals surface area contributed by atoms with E-state index in [1.807, 2.05) is 12.1 Å². The van der Waals surface area contributed by atoms with Crippen molar-refractivity contribution >= 4 is 0 Å². The van der Waals surface area contributed by atoms with E-state index < -0.39 is 0 Å². The largest absolute Gasteiger partial charge is 0.381 e. The van der Waals surface area contributed by atoms with Crippen LogP contribution < -0.4 is 5.32 Å². The summed E-state index contributed by atoms with van der Waals surface area (Å²) in [5.74, 6) is 0.951. The van der Waals surface area contributed by atoms with Crippen molar-refractivity contribution in [3.05, 3.63) is 35.6 Å². The summed E-state index contributed by atoms with van der Waals surface area (Å²) in [7, 11) is 0. The van der Waals surface area contributed by atoms with Crippen LogP contribution in [0.2, 0.25) is 0 Å². The van der Waals surface area contributed by atoms with Gasteiger partial charge in [-0.3, -0.25) is 0 Å². The minimum absolute atomic E-state index is 0.167. The normalized spacial score (nSPS) is 12.8. The fourth-order valence-corrected chi connectivity index (χ4v) is 2.28. The number of benzene rings is 1. The molecule has 0 saturated heterocycles. The summed E-state index contributed by atoms with van der Waals surface area (Å²) >= 11 is 0. The standard InChI is InChI=1S/C18H30FNO/c1-4-10-20-13-17(9-11-21-14-15(2)3)12-16-5-7-18(19)8-6-16/h5-8,15,17,20H,4,9-14H2,1-3H3. The smallest absolute Gasteiger partial charge is 0.123 e. The minimum atomic E-state index is -0.167. The second kappa shape index (κ2) is 10.7. The van der Waals surface area contributed by atoms with Crippen molar-refractivity contribution in [2.24, 2.45) is 11.8 Å². The lowest BCUT2D eigenvalue weighted by molar-refractivity contribution is 0.0976. The maximum atomic E-state index is 13.0. The van der Waals surface area contributed by atoms with E-state index in [1.165, 1.54) is 5.56 Å².